The molecule has 78 valence electrons. The fourth-order valence-electron chi connectivity index (χ4n) is 1.64. The Labute approximate surface area is 99.2 Å². The molecule has 3 heterocycles. The van der Waals surface area contributed by atoms with Crippen LogP contribution in [0.5, 0.6) is 0 Å². The Kier molecular flexibility index (Phi) is 2.29. The van der Waals surface area contributed by atoms with E-state index in [-0.39, 0.29) is 0 Å². The second-order valence-corrected chi connectivity index (χ2v) is 3.56. The third-order valence-electron chi connectivity index (χ3n) is 2.47. The predicted octanol–water partition coefficient (Wildman–Crippen LogP) is 0.881. The highest BCUT2D eigenvalue weighted by Gasteiger charge is 2.05. The first-order chi connectivity index (χ1) is 8.34. The molecule has 0 aliphatic carbocycles. The maximum Gasteiger partial charge on any atom is 0.159 e. The van der Waals surface area contributed by atoms with E-state index in [0.717, 1.165) is 16.5 Å². The van der Waals surface area contributed by atoms with E-state index in [1.165, 1.54) is 0 Å². The summed E-state index contributed by atoms with van der Waals surface area (Å²) >= 11 is 0. The van der Waals surface area contributed by atoms with E-state index >= 15 is 0 Å². The summed E-state index contributed by atoms with van der Waals surface area (Å²) in [5, 5.41) is 0.817. The molecular weight excluding hydrogens is 211 g/mol. The Bertz CT molecular complexity index is 670. The summed E-state index contributed by atoms with van der Waals surface area (Å²) in [4.78, 5) is 16.7. The number of aromatic nitrogens is 4. The van der Waals surface area contributed by atoms with E-state index in [9.17, 15) is 0 Å². The van der Waals surface area contributed by atoms with Gasteiger partial charge in [0.15, 0.2) is 5.82 Å². The molecule has 0 fully saturated rings. The zero-order valence-electron chi connectivity index (χ0n) is 8.91. The van der Waals surface area contributed by atoms with Gasteiger partial charge in [0.1, 0.15) is 7.85 Å². The van der Waals surface area contributed by atoms with E-state index in [1.807, 2.05) is 12.1 Å². The molecule has 0 aliphatic heterocycles. The third-order valence-corrected chi connectivity index (χ3v) is 2.47. The van der Waals surface area contributed by atoms with Crippen molar-refractivity contribution in [3.8, 4) is 11.4 Å². The minimum absolute atomic E-state index is 0.462. The van der Waals surface area contributed by atoms with Crippen LogP contribution >= 0.6 is 0 Å². The average molecular weight is 218 g/mol. The summed E-state index contributed by atoms with van der Waals surface area (Å²) in [7, 11) is 5.90. The number of fused-ring (bicyclic) bond motifs is 1. The van der Waals surface area contributed by atoms with Gasteiger partial charge in [0.2, 0.25) is 0 Å². The van der Waals surface area contributed by atoms with E-state index in [0.29, 0.717) is 11.4 Å². The second-order valence-electron chi connectivity index (χ2n) is 3.56. The molecule has 0 aromatic carbocycles. The number of hydrogen-bond acceptors (Lipinski definition) is 4. The molecule has 3 aromatic rings. The van der Waals surface area contributed by atoms with Crippen LogP contribution in [0.1, 0.15) is 0 Å². The smallest absolute Gasteiger partial charge is 0.159 e. The van der Waals surface area contributed by atoms with Crippen LogP contribution in [0.2, 0.25) is 0 Å². The highest BCUT2D eigenvalue weighted by molar-refractivity contribution is 6.36. The minimum atomic E-state index is 0.462. The van der Waals surface area contributed by atoms with Crippen LogP contribution in [0.15, 0.2) is 43.0 Å². The zero-order chi connectivity index (χ0) is 11.7. The minimum Gasteiger partial charge on any atom is -0.265 e. The molecule has 0 saturated carbocycles. The maximum absolute atomic E-state index is 5.90. The van der Waals surface area contributed by atoms with Crippen molar-refractivity contribution in [3.05, 3.63) is 43.0 Å². The summed E-state index contributed by atoms with van der Waals surface area (Å²) in [5.41, 5.74) is 2.09. The van der Waals surface area contributed by atoms with Crippen LogP contribution in [0.25, 0.3) is 22.3 Å². The van der Waals surface area contributed by atoms with Crippen molar-refractivity contribution >= 4 is 24.3 Å². The molecule has 0 aliphatic rings. The molecule has 0 unspecified atom stereocenters. The Morgan fingerprint density at radius 1 is 0.882 bits per heavy atom. The summed E-state index contributed by atoms with van der Waals surface area (Å²) in [5.74, 6) is 0.588. The van der Waals surface area contributed by atoms with Crippen molar-refractivity contribution in [2.45, 2.75) is 0 Å². The van der Waals surface area contributed by atoms with Gasteiger partial charge in [0, 0.05) is 29.5 Å². The first-order valence-corrected chi connectivity index (χ1v) is 5.12. The number of rotatable bonds is 1. The molecule has 2 radical (unpaired) electrons. The molecule has 4 nitrogen and oxygen atoms in total. The van der Waals surface area contributed by atoms with Crippen LogP contribution in [-0.2, 0) is 0 Å². The van der Waals surface area contributed by atoms with Crippen molar-refractivity contribution in [3.63, 3.8) is 0 Å². The van der Waals surface area contributed by atoms with Crippen LogP contribution in [0.3, 0.4) is 0 Å². The van der Waals surface area contributed by atoms with Gasteiger partial charge in [-0.2, -0.15) is 0 Å². The SMILES string of the molecule is [B]c1nc(-c2ccncc2)nc2cnccc12. The molecule has 0 amide bonds. The Morgan fingerprint density at radius 3 is 2.47 bits per heavy atom. The monoisotopic (exact) mass is 218 g/mol. The lowest BCUT2D eigenvalue weighted by Crippen LogP contribution is -2.12. The van der Waals surface area contributed by atoms with Crippen molar-refractivity contribution in [1.82, 2.24) is 19.9 Å². The molecule has 3 aromatic heterocycles. The maximum atomic E-state index is 5.90. The second kappa shape index (κ2) is 3.94. The first-order valence-electron chi connectivity index (χ1n) is 5.12. The van der Waals surface area contributed by atoms with Crippen molar-refractivity contribution in [2.24, 2.45) is 0 Å². The fraction of sp³-hybridized carbons (Fsp3) is 0. The summed E-state index contributed by atoms with van der Waals surface area (Å²) in [6, 6.07) is 5.49. The van der Waals surface area contributed by atoms with Crippen molar-refractivity contribution in [1.29, 1.82) is 0 Å². The predicted molar refractivity (Wildman–Crippen MR) is 66.0 cm³/mol. The van der Waals surface area contributed by atoms with Crippen molar-refractivity contribution < 1.29 is 0 Å². The van der Waals surface area contributed by atoms with Gasteiger partial charge >= 0.3 is 0 Å². The van der Waals surface area contributed by atoms with E-state index < -0.39 is 0 Å². The quantitative estimate of drug-likeness (QED) is 0.569. The molecule has 5 heteroatoms. The molecule has 0 bridgehead atoms. The Balaban J connectivity index is 2.26. The lowest BCUT2D eigenvalue weighted by atomic mass is 9.99. The van der Waals surface area contributed by atoms with Crippen LogP contribution in [-0.4, -0.2) is 27.8 Å². The average Bonchev–Trinajstić information content (AvgIpc) is 2.40. The molecule has 3 rings (SSSR count). The Hall–Kier alpha value is -2.30. The van der Waals surface area contributed by atoms with Gasteiger partial charge < -0.3 is 0 Å². The lowest BCUT2D eigenvalue weighted by Gasteiger charge is -2.05. The van der Waals surface area contributed by atoms with Crippen molar-refractivity contribution in [2.75, 3.05) is 0 Å². The largest absolute Gasteiger partial charge is 0.265 e. The van der Waals surface area contributed by atoms with Gasteiger partial charge in [0.25, 0.3) is 0 Å². The Morgan fingerprint density at radius 2 is 1.65 bits per heavy atom. The fourth-order valence-corrected chi connectivity index (χ4v) is 1.64. The molecule has 0 N–H and O–H groups in total. The lowest BCUT2D eigenvalue weighted by molar-refractivity contribution is 1.22. The van der Waals surface area contributed by atoms with Gasteiger partial charge in [-0.05, 0) is 23.8 Å². The standard InChI is InChI=1S/C12H7BN4/c13-11-9-3-6-15-7-10(9)16-12(17-11)8-1-4-14-5-2-8/h1-7H. The van der Waals surface area contributed by atoms with E-state index in [2.05, 4.69) is 19.9 Å². The molecule has 0 atom stereocenters. The van der Waals surface area contributed by atoms with Gasteiger partial charge in [0.05, 0.1) is 11.7 Å². The molecule has 0 saturated heterocycles. The van der Waals surface area contributed by atoms with Gasteiger partial charge in [-0.3, -0.25) is 9.97 Å². The van der Waals surface area contributed by atoms with Crippen LogP contribution in [0.4, 0.5) is 0 Å². The van der Waals surface area contributed by atoms with Gasteiger partial charge in [-0.25, -0.2) is 9.97 Å². The van der Waals surface area contributed by atoms with E-state index in [1.54, 1.807) is 30.9 Å². The molecule has 17 heavy (non-hydrogen) atoms. The highest BCUT2D eigenvalue weighted by atomic mass is 14.9. The third kappa shape index (κ3) is 1.76. The van der Waals surface area contributed by atoms with Crippen LogP contribution < -0.4 is 5.59 Å². The van der Waals surface area contributed by atoms with Gasteiger partial charge in [-0.15, -0.1) is 0 Å². The number of nitrogens with zero attached hydrogens (tertiary/aromatic N) is 4. The normalized spacial score (nSPS) is 10.6. The highest BCUT2D eigenvalue weighted by Crippen LogP contribution is 2.15. The first kappa shape index (κ1) is 9.90. The van der Waals surface area contributed by atoms with E-state index in [4.69, 9.17) is 7.85 Å². The molecular formula is C12H7BN4. The molecule has 0 spiro atoms. The summed E-state index contributed by atoms with van der Waals surface area (Å²) in [6.07, 6.45) is 6.75. The number of hydrogen-bond donors (Lipinski definition) is 0. The van der Waals surface area contributed by atoms with Crippen LogP contribution in [0, 0.1) is 0 Å². The topological polar surface area (TPSA) is 51.6 Å². The summed E-state index contributed by atoms with van der Waals surface area (Å²) < 4.78 is 0. The zero-order valence-corrected chi connectivity index (χ0v) is 8.91. The number of pyridine rings is 2. The van der Waals surface area contributed by atoms with Gasteiger partial charge in [-0.1, -0.05) is 0 Å². The summed E-state index contributed by atoms with van der Waals surface area (Å²) in [6.45, 7) is 0.